The first-order chi connectivity index (χ1) is 59.6. The molecule has 0 aromatic heterocycles. The maximum Gasteiger partial charge on any atom is 0.524 e. The smallest absolute Gasteiger partial charge is 0.462 e. The lowest BCUT2D eigenvalue weighted by Gasteiger charge is -2.45. The van der Waals surface area contributed by atoms with Crippen LogP contribution in [-0.2, 0) is 70.8 Å². The number of rotatable bonds is 87. The zero-order valence-corrected chi connectivity index (χ0v) is 80.2. The predicted molar refractivity (Wildman–Crippen MR) is 494 cm³/mol. The van der Waals surface area contributed by atoms with Gasteiger partial charge in [-0.25, -0.2) is 9.13 Å². The fraction of sp³-hybridized carbons (Fsp3) is 0.878. The van der Waals surface area contributed by atoms with Crippen LogP contribution < -0.4 is 14.7 Å². The fourth-order valence-corrected chi connectivity index (χ4v) is 17.6. The molecule has 1 aromatic carbocycles. The van der Waals surface area contributed by atoms with Gasteiger partial charge in [0.1, 0.15) is 42.3 Å². The number of amides is 2. The van der Waals surface area contributed by atoms with E-state index in [9.17, 15) is 48.2 Å². The van der Waals surface area contributed by atoms with Crippen LogP contribution in [0.15, 0.2) is 24.3 Å². The van der Waals surface area contributed by atoms with Gasteiger partial charge in [-0.1, -0.05) is 394 Å². The number of unbranched alkanes of at least 4 members (excludes halogenated alkanes) is 54. The van der Waals surface area contributed by atoms with Crippen molar-refractivity contribution >= 4 is 57.0 Å². The van der Waals surface area contributed by atoms with Gasteiger partial charge in [0.2, 0.25) is 11.8 Å². The molecule has 123 heavy (non-hydrogen) atoms. The first kappa shape index (κ1) is 115. The summed E-state index contributed by atoms with van der Waals surface area (Å²) in [4.78, 5) is 130. The average molecular weight is 1780 g/mol. The highest BCUT2D eigenvalue weighted by Crippen LogP contribution is 2.43. The molecule has 1 aromatic rings. The fourth-order valence-electron chi connectivity index (χ4n) is 16.6. The standard InChI is InChI=1S/C98H180N2O21P2/c1-7-13-19-25-31-37-40-46-52-58-64-73-91(104)115-84(69-61-55-49-43-34-28-22-16-10-4)79-89(102)99-95-97(119-94(107)81-86(71-63-57-51-45-36-30-24-18-12-6)117-93(106)75-66-60-54-48-42-39-33-27-21-15-9-3)96(121-123(111,112)113)88(82-101)118-98(95)114-77-76-100(83-68-67-72-87(78-83)120-122(108,109)110)90(103)80-85(70-62-56-50-44-35-29-23-17-11-5)116-92(105)74-65-59-53-47-41-38-32-26-20-14-8-2/h67-68,72,78,84-86,88,95-98,101H,7-66,69-71,73-77,79-82H2,1-6H3,(H,99,102)(H2,108,109,110)(H2,111,112,113)/t84-,85-,86-,88?,95?,96-,97?,98-/m1/s1. The SMILES string of the molecule is CCCCCCCCCCCCCC(=O)O[C@H](CCCCCCCCCCC)CC(=O)NC1C(OC(=O)C[C@@H](CCCCCCCCCCC)OC(=O)CCCCCCCCCCCCC)[C@H](OP(=O)(O)O)C(CO)O[C@H]1OCCN(C(=O)C[C@@H](CCCCCCCCCCC)OC(=O)CCCCCCCCCCCCC)c1cccc(OP(=O)(O)O)c1. The summed E-state index contributed by atoms with van der Waals surface area (Å²) in [6.07, 6.45) is 53.6. The minimum Gasteiger partial charge on any atom is -0.462 e. The van der Waals surface area contributed by atoms with Gasteiger partial charge in [0, 0.05) is 37.6 Å². The number of hydrogen-bond acceptors (Lipinski definition) is 17. The summed E-state index contributed by atoms with van der Waals surface area (Å²) in [5, 5.41) is 14.1. The Bertz CT molecular complexity index is 2850. The van der Waals surface area contributed by atoms with Crippen molar-refractivity contribution < 1.29 is 100 Å². The molecule has 6 N–H and O–H groups in total. The molecule has 718 valence electrons. The summed E-state index contributed by atoms with van der Waals surface area (Å²) in [7, 11) is -10.7. The molecule has 0 spiro atoms. The van der Waals surface area contributed by atoms with Gasteiger partial charge in [0.05, 0.1) is 32.5 Å². The number of aliphatic hydroxyl groups is 1. The summed E-state index contributed by atoms with van der Waals surface area (Å²) in [5.74, 6) is -3.98. The van der Waals surface area contributed by atoms with Gasteiger partial charge in [-0.15, -0.1) is 0 Å². The summed E-state index contributed by atoms with van der Waals surface area (Å²) < 4.78 is 74.0. The second-order valence-corrected chi connectivity index (χ2v) is 37.8. The second kappa shape index (κ2) is 77.9. The minimum atomic E-state index is -5.59. The highest BCUT2D eigenvalue weighted by atomic mass is 31.2. The lowest BCUT2D eigenvalue weighted by atomic mass is 9.96. The predicted octanol–water partition coefficient (Wildman–Crippen LogP) is 25.9. The Morgan fingerprint density at radius 2 is 0.715 bits per heavy atom. The molecule has 1 heterocycles. The largest absolute Gasteiger partial charge is 0.524 e. The third kappa shape index (κ3) is 65.2. The van der Waals surface area contributed by atoms with Gasteiger partial charge in [-0.2, -0.15) is 0 Å². The van der Waals surface area contributed by atoms with Crippen LogP contribution in [0.5, 0.6) is 5.75 Å². The van der Waals surface area contributed by atoms with E-state index in [2.05, 4.69) is 46.9 Å². The van der Waals surface area contributed by atoms with E-state index in [1.165, 1.54) is 183 Å². The van der Waals surface area contributed by atoms with E-state index in [-0.39, 0.29) is 43.7 Å². The molecule has 0 bridgehead atoms. The van der Waals surface area contributed by atoms with Crippen LogP contribution in [0.25, 0.3) is 0 Å². The van der Waals surface area contributed by atoms with Crippen LogP contribution in [0.2, 0.25) is 0 Å². The van der Waals surface area contributed by atoms with E-state index >= 15 is 14.4 Å². The van der Waals surface area contributed by atoms with Gasteiger partial charge >= 0.3 is 39.5 Å². The van der Waals surface area contributed by atoms with Crippen molar-refractivity contribution in [3.05, 3.63) is 24.3 Å². The van der Waals surface area contributed by atoms with E-state index in [4.69, 9.17) is 37.5 Å². The summed E-state index contributed by atoms with van der Waals surface area (Å²) in [6, 6.07) is 3.81. The first-order valence-corrected chi connectivity index (χ1v) is 53.5. The number of hydrogen-bond donors (Lipinski definition) is 6. The Kier molecular flexibility index (Phi) is 72.8. The van der Waals surface area contributed by atoms with E-state index in [1.54, 1.807) is 0 Å². The van der Waals surface area contributed by atoms with E-state index in [1.807, 2.05) is 0 Å². The number of anilines is 1. The highest BCUT2D eigenvalue weighted by Gasteiger charge is 2.52. The van der Waals surface area contributed by atoms with Crippen LogP contribution >= 0.6 is 15.6 Å². The molecule has 1 aliphatic heterocycles. The second-order valence-electron chi connectivity index (χ2n) is 35.5. The molecule has 8 atom stereocenters. The normalized spacial score (nSPS) is 16.3. The first-order valence-electron chi connectivity index (χ1n) is 50.4. The number of carbonyl (C=O) groups excluding carboxylic acids is 6. The molecule has 0 saturated carbocycles. The monoisotopic (exact) mass is 1780 g/mol. The van der Waals surface area contributed by atoms with Gasteiger partial charge < -0.3 is 58.1 Å². The van der Waals surface area contributed by atoms with E-state index < -0.39 is 126 Å². The Balaban J connectivity index is 2.80. The molecular formula is C98H180N2O21P2. The summed E-state index contributed by atoms with van der Waals surface area (Å²) >= 11 is 0. The summed E-state index contributed by atoms with van der Waals surface area (Å²) in [5.41, 5.74) is 0.0979. The van der Waals surface area contributed by atoms with Crippen LogP contribution in [0, 0.1) is 0 Å². The topological polar surface area (TPSA) is 327 Å². The van der Waals surface area contributed by atoms with Crippen molar-refractivity contribution in [2.45, 2.75) is 534 Å². The van der Waals surface area contributed by atoms with E-state index in [0.717, 1.165) is 193 Å². The maximum absolute atomic E-state index is 15.3. The van der Waals surface area contributed by atoms with Gasteiger partial charge in [-0.3, -0.25) is 43.1 Å². The van der Waals surface area contributed by atoms with Gasteiger partial charge in [0.25, 0.3) is 0 Å². The lowest BCUT2D eigenvalue weighted by Crippen LogP contribution is -2.66. The quantitative estimate of drug-likeness (QED) is 0.0153. The van der Waals surface area contributed by atoms with Crippen molar-refractivity contribution in [1.82, 2.24) is 5.32 Å². The molecule has 1 fully saturated rings. The van der Waals surface area contributed by atoms with Crippen molar-refractivity contribution in [2.75, 3.05) is 24.7 Å². The van der Waals surface area contributed by atoms with Crippen molar-refractivity contribution in [2.24, 2.45) is 0 Å². The number of esters is 4. The van der Waals surface area contributed by atoms with Crippen molar-refractivity contribution in [3.8, 4) is 5.75 Å². The van der Waals surface area contributed by atoms with Crippen LogP contribution in [0.1, 0.15) is 485 Å². The Morgan fingerprint density at radius 3 is 1.04 bits per heavy atom. The number of nitrogens with one attached hydrogen (secondary N) is 1. The zero-order valence-electron chi connectivity index (χ0n) is 78.4. The Labute approximate surface area is 746 Å². The molecule has 0 aliphatic carbocycles. The number of nitrogens with zero attached hydrogens (tertiary/aromatic N) is 1. The number of carbonyl (C=O) groups is 6. The molecule has 2 amide bonds. The maximum atomic E-state index is 15.3. The van der Waals surface area contributed by atoms with Crippen LogP contribution in [-0.4, -0.2) is 129 Å². The highest BCUT2D eigenvalue weighted by molar-refractivity contribution is 7.46. The summed E-state index contributed by atoms with van der Waals surface area (Å²) in [6.45, 7) is 11.3. The number of phosphoric ester groups is 2. The van der Waals surface area contributed by atoms with Crippen LogP contribution in [0.3, 0.4) is 0 Å². The van der Waals surface area contributed by atoms with E-state index in [0.29, 0.717) is 57.8 Å². The average Bonchev–Trinajstić information content (AvgIpc) is 0.779. The molecule has 1 aliphatic rings. The van der Waals surface area contributed by atoms with Crippen LogP contribution in [0.4, 0.5) is 5.69 Å². The molecular weight excluding hydrogens is 1600 g/mol. The Morgan fingerprint density at radius 1 is 0.398 bits per heavy atom. The lowest BCUT2D eigenvalue weighted by molar-refractivity contribution is -0.270. The van der Waals surface area contributed by atoms with Gasteiger partial charge in [0.15, 0.2) is 12.4 Å². The Hall–Kier alpha value is -4.02. The number of aliphatic hydroxyl groups excluding tert-OH is 1. The third-order valence-electron chi connectivity index (χ3n) is 23.9. The van der Waals surface area contributed by atoms with Gasteiger partial charge in [-0.05, 0) is 69.9 Å². The zero-order chi connectivity index (χ0) is 89.9. The van der Waals surface area contributed by atoms with Crippen molar-refractivity contribution in [3.63, 3.8) is 0 Å². The molecule has 23 nitrogen and oxygen atoms in total. The third-order valence-corrected chi connectivity index (χ3v) is 24.8. The molecule has 1 saturated heterocycles. The minimum absolute atomic E-state index is 0.0979. The molecule has 0 radical (unpaired) electrons. The van der Waals surface area contributed by atoms with Crippen molar-refractivity contribution in [1.29, 1.82) is 0 Å². The molecule has 25 heteroatoms. The number of phosphoric acid groups is 2. The molecule has 2 rings (SSSR count). The number of benzene rings is 1. The molecule has 3 unspecified atom stereocenters. The number of ether oxygens (including phenoxy) is 6.